The number of aromatic nitrogens is 3. The number of hydrogen-bond donors (Lipinski definition) is 1. The molecule has 1 fully saturated rings. The number of imide groups is 1. The van der Waals surface area contributed by atoms with Crippen LogP contribution in [0.15, 0.2) is 66.7 Å². The van der Waals surface area contributed by atoms with Gasteiger partial charge in [0.15, 0.2) is 0 Å². The lowest BCUT2D eigenvalue weighted by Gasteiger charge is -2.31. The Hall–Kier alpha value is -3.45. The van der Waals surface area contributed by atoms with Crippen molar-refractivity contribution in [1.82, 2.24) is 14.8 Å². The van der Waals surface area contributed by atoms with Crippen LogP contribution in [0.5, 0.6) is 0 Å². The van der Waals surface area contributed by atoms with Crippen LogP contribution in [0.25, 0.3) is 0 Å². The SMILES string of the molecule is O=C1C2CC=CCC2C(=O)N1c1nc2n(n1)C(c1ccccc1)CC(c1ccc(Cl)cc1)N2. The molecular weight excluding hydrogens is 438 g/mol. The molecule has 2 aromatic carbocycles. The monoisotopic (exact) mass is 459 g/mol. The summed E-state index contributed by atoms with van der Waals surface area (Å²) < 4.78 is 1.80. The molecule has 3 aliphatic rings. The number of nitrogens with zero attached hydrogens (tertiary/aromatic N) is 4. The summed E-state index contributed by atoms with van der Waals surface area (Å²) in [6, 6.07) is 17.7. The Morgan fingerprint density at radius 1 is 0.879 bits per heavy atom. The molecule has 3 heterocycles. The van der Waals surface area contributed by atoms with Crippen molar-refractivity contribution >= 4 is 35.3 Å². The zero-order valence-corrected chi connectivity index (χ0v) is 18.5. The van der Waals surface area contributed by atoms with Crippen LogP contribution in [0.2, 0.25) is 5.02 Å². The lowest BCUT2D eigenvalue weighted by molar-refractivity contribution is -0.122. The van der Waals surface area contributed by atoms with E-state index < -0.39 is 0 Å². The first-order valence-electron chi connectivity index (χ1n) is 11.2. The van der Waals surface area contributed by atoms with Crippen LogP contribution in [0.3, 0.4) is 0 Å². The predicted octanol–water partition coefficient (Wildman–Crippen LogP) is 4.53. The predicted molar refractivity (Wildman–Crippen MR) is 125 cm³/mol. The Morgan fingerprint density at radius 2 is 1.55 bits per heavy atom. The molecule has 1 N–H and O–H groups in total. The molecule has 6 rings (SSSR count). The van der Waals surface area contributed by atoms with Crippen molar-refractivity contribution in [1.29, 1.82) is 0 Å². The topological polar surface area (TPSA) is 80.1 Å². The van der Waals surface area contributed by atoms with Gasteiger partial charge in [-0.15, -0.1) is 5.10 Å². The van der Waals surface area contributed by atoms with E-state index in [-0.39, 0.29) is 41.7 Å². The van der Waals surface area contributed by atoms with E-state index in [2.05, 4.69) is 27.5 Å². The maximum atomic E-state index is 13.1. The zero-order valence-electron chi connectivity index (χ0n) is 17.8. The lowest BCUT2D eigenvalue weighted by atomic mass is 9.85. The fourth-order valence-electron chi connectivity index (χ4n) is 5.12. The van der Waals surface area contributed by atoms with Crippen LogP contribution < -0.4 is 10.2 Å². The van der Waals surface area contributed by atoms with Gasteiger partial charge in [0.1, 0.15) is 0 Å². The van der Waals surface area contributed by atoms with Gasteiger partial charge >= 0.3 is 0 Å². The van der Waals surface area contributed by atoms with Crippen LogP contribution in [0, 0.1) is 11.8 Å². The molecule has 4 atom stereocenters. The number of benzene rings is 2. The number of hydrogen-bond acceptors (Lipinski definition) is 5. The number of rotatable bonds is 3. The highest BCUT2D eigenvalue weighted by Crippen LogP contribution is 2.41. The summed E-state index contributed by atoms with van der Waals surface area (Å²) in [4.78, 5) is 32.0. The summed E-state index contributed by atoms with van der Waals surface area (Å²) in [5, 5.41) is 8.81. The fourth-order valence-corrected chi connectivity index (χ4v) is 5.25. The smallest absolute Gasteiger partial charge is 0.260 e. The molecule has 2 aliphatic heterocycles. The summed E-state index contributed by atoms with van der Waals surface area (Å²) in [5.41, 5.74) is 2.18. The summed E-state index contributed by atoms with van der Waals surface area (Å²) in [7, 11) is 0. The number of anilines is 2. The van der Waals surface area contributed by atoms with E-state index in [0.717, 1.165) is 17.5 Å². The van der Waals surface area contributed by atoms with Crippen LogP contribution in [-0.4, -0.2) is 26.6 Å². The van der Waals surface area contributed by atoms with E-state index in [1.165, 1.54) is 4.90 Å². The minimum Gasteiger partial charge on any atom is -0.347 e. The Balaban J connectivity index is 1.40. The Labute approximate surface area is 196 Å². The third-order valence-corrected chi connectivity index (χ3v) is 7.09. The molecule has 33 heavy (non-hydrogen) atoms. The molecule has 7 nitrogen and oxygen atoms in total. The van der Waals surface area contributed by atoms with Gasteiger partial charge in [-0.2, -0.15) is 4.98 Å². The summed E-state index contributed by atoms with van der Waals surface area (Å²) in [5.74, 6) is -0.352. The average Bonchev–Trinajstić information content (AvgIpc) is 3.38. The number of fused-ring (bicyclic) bond motifs is 2. The van der Waals surface area contributed by atoms with E-state index in [4.69, 9.17) is 11.6 Å². The number of halogens is 1. The van der Waals surface area contributed by atoms with Gasteiger partial charge < -0.3 is 5.32 Å². The normalized spacial score (nSPS) is 26.2. The van der Waals surface area contributed by atoms with Crippen LogP contribution >= 0.6 is 11.6 Å². The van der Waals surface area contributed by atoms with E-state index in [1.807, 2.05) is 54.6 Å². The first-order valence-corrected chi connectivity index (χ1v) is 11.5. The molecule has 1 aliphatic carbocycles. The molecule has 1 aromatic heterocycles. The molecule has 8 heteroatoms. The minimum atomic E-state index is -0.317. The first-order chi connectivity index (χ1) is 16.1. The molecule has 0 radical (unpaired) electrons. The van der Waals surface area contributed by atoms with Gasteiger partial charge in [0.2, 0.25) is 17.8 Å². The highest BCUT2D eigenvalue weighted by Gasteiger charge is 2.49. The molecular formula is C25H22ClN5O2. The Kier molecular flexibility index (Phi) is 4.80. The molecule has 4 unspecified atom stereocenters. The van der Waals surface area contributed by atoms with Crippen molar-refractivity contribution in [3.05, 3.63) is 82.9 Å². The van der Waals surface area contributed by atoms with Crippen molar-refractivity contribution in [2.45, 2.75) is 31.3 Å². The zero-order chi connectivity index (χ0) is 22.5. The van der Waals surface area contributed by atoms with Crippen molar-refractivity contribution in [2.24, 2.45) is 11.8 Å². The molecule has 1 saturated heterocycles. The van der Waals surface area contributed by atoms with Crippen LogP contribution in [0.1, 0.15) is 42.5 Å². The number of nitrogens with one attached hydrogen (secondary N) is 1. The number of carbonyl (C=O) groups is 2. The second-order valence-electron chi connectivity index (χ2n) is 8.76. The fraction of sp³-hybridized carbons (Fsp3) is 0.280. The van der Waals surface area contributed by atoms with Crippen molar-refractivity contribution < 1.29 is 9.59 Å². The molecule has 0 spiro atoms. The highest BCUT2D eigenvalue weighted by molar-refractivity contribution is 6.30. The van der Waals surface area contributed by atoms with E-state index in [0.29, 0.717) is 23.8 Å². The van der Waals surface area contributed by atoms with Gasteiger partial charge in [-0.05, 0) is 42.5 Å². The van der Waals surface area contributed by atoms with Crippen molar-refractivity contribution in [3.63, 3.8) is 0 Å². The Bertz CT molecular complexity index is 1230. The minimum absolute atomic E-state index is 0.0196. The van der Waals surface area contributed by atoms with Gasteiger partial charge in [-0.1, -0.05) is 66.2 Å². The maximum absolute atomic E-state index is 13.1. The first kappa shape index (κ1) is 20.2. The summed E-state index contributed by atoms with van der Waals surface area (Å²) in [6.07, 6.45) is 5.86. The van der Waals surface area contributed by atoms with Crippen molar-refractivity contribution in [2.75, 3.05) is 10.2 Å². The molecule has 0 saturated carbocycles. The van der Waals surface area contributed by atoms with Crippen molar-refractivity contribution in [3.8, 4) is 0 Å². The average molecular weight is 460 g/mol. The molecule has 2 amide bonds. The van der Waals surface area contributed by atoms with Gasteiger partial charge in [0.05, 0.1) is 23.9 Å². The van der Waals surface area contributed by atoms with E-state index >= 15 is 0 Å². The van der Waals surface area contributed by atoms with Gasteiger partial charge in [-0.25, -0.2) is 9.58 Å². The van der Waals surface area contributed by atoms with Gasteiger partial charge in [-0.3, -0.25) is 9.59 Å². The molecule has 166 valence electrons. The van der Waals surface area contributed by atoms with Crippen LogP contribution in [0.4, 0.5) is 11.9 Å². The largest absolute Gasteiger partial charge is 0.347 e. The molecule has 0 bridgehead atoms. The summed E-state index contributed by atoms with van der Waals surface area (Å²) >= 11 is 6.09. The van der Waals surface area contributed by atoms with E-state index in [9.17, 15) is 9.59 Å². The maximum Gasteiger partial charge on any atom is 0.260 e. The molecule has 3 aromatic rings. The number of allylic oxidation sites excluding steroid dienone is 2. The van der Waals surface area contributed by atoms with Gasteiger partial charge in [0.25, 0.3) is 5.95 Å². The standard InChI is InChI=1S/C25H22ClN5O2/c26-17-12-10-15(11-13-17)20-14-21(16-6-2-1-3-7-16)31-24(27-20)28-25(29-31)30-22(32)18-8-4-5-9-19(18)23(30)33/h1-7,10-13,18-21H,8-9,14H2,(H,27,28,29). The third kappa shape index (κ3) is 3.35. The lowest BCUT2D eigenvalue weighted by Crippen LogP contribution is -2.32. The number of carbonyl (C=O) groups excluding carboxylic acids is 2. The van der Waals surface area contributed by atoms with E-state index in [1.54, 1.807) is 4.68 Å². The second kappa shape index (κ2) is 7.85. The third-order valence-electron chi connectivity index (χ3n) is 6.84. The second-order valence-corrected chi connectivity index (χ2v) is 9.19. The highest BCUT2D eigenvalue weighted by atomic mass is 35.5. The number of amides is 2. The quantitative estimate of drug-likeness (QED) is 0.459. The summed E-state index contributed by atoms with van der Waals surface area (Å²) in [6.45, 7) is 0. The Morgan fingerprint density at radius 3 is 2.21 bits per heavy atom. The van der Waals surface area contributed by atoms with Gasteiger partial charge in [0, 0.05) is 5.02 Å². The van der Waals surface area contributed by atoms with Crippen LogP contribution in [-0.2, 0) is 9.59 Å².